The van der Waals surface area contributed by atoms with Gasteiger partial charge in [0.2, 0.25) is 5.91 Å². The van der Waals surface area contributed by atoms with Crippen molar-refractivity contribution in [3.8, 4) is 5.69 Å². The summed E-state index contributed by atoms with van der Waals surface area (Å²) in [6.45, 7) is 10.6. The molecule has 1 aliphatic rings. The minimum atomic E-state index is 0.0247. The summed E-state index contributed by atoms with van der Waals surface area (Å²) in [5, 5.41) is 4.73. The highest BCUT2D eigenvalue weighted by molar-refractivity contribution is 8.00. The van der Waals surface area contributed by atoms with E-state index in [1.54, 1.807) is 11.8 Å². The van der Waals surface area contributed by atoms with E-state index in [0.29, 0.717) is 12.3 Å². The van der Waals surface area contributed by atoms with Crippen molar-refractivity contribution in [3.05, 3.63) is 59.4 Å². The Hall–Kier alpha value is -2.01. The first-order valence-electron chi connectivity index (χ1n) is 7.66. The first-order chi connectivity index (χ1) is 11.0. The SMILES string of the molecule is C=C(C)CN1C(=O)CSC1c1c(C)nn(-c2ccccc2)c1C. The standard InChI is InChI=1S/C18H21N3OS/c1-12(2)10-20-16(22)11-23-18(20)17-13(3)19-21(14(17)4)15-8-6-5-7-9-15/h5-9,18H,1,10-11H2,2-4H3. The molecule has 4 nitrogen and oxygen atoms in total. The van der Waals surface area contributed by atoms with Crippen molar-refractivity contribution in [2.24, 2.45) is 0 Å². The fourth-order valence-electron chi connectivity index (χ4n) is 2.99. The molecule has 0 spiro atoms. The number of nitrogens with zero attached hydrogens (tertiary/aromatic N) is 3. The van der Waals surface area contributed by atoms with Crippen LogP contribution >= 0.6 is 11.8 Å². The maximum Gasteiger partial charge on any atom is 0.234 e. The highest BCUT2D eigenvalue weighted by Crippen LogP contribution is 2.41. The van der Waals surface area contributed by atoms with Crippen LogP contribution in [0.2, 0.25) is 0 Å². The van der Waals surface area contributed by atoms with Crippen LogP contribution < -0.4 is 0 Å². The van der Waals surface area contributed by atoms with Gasteiger partial charge in [-0.1, -0.05) is 30.4 Å². The van der Waals surface area contributed by atoms with E-state index in [1.165, 1.54) is 0 Å². The lowest BCUT2D eigenvalue weighted by Gasteiger charge is -2.24. The Bertz CT molecular complexity index is 751. The van der Waals surface area contributed by atoms with E-state index in [0.717, 1.165) is 28.2 Å². The Morgan fingerprint density at radius 3 is 2.70 bits per heavy atom. The number of hydrogen-bond donors (Lipinski definition) is 0. The number of hydrogen-bond acceptors (Lipinski definition) is 3. The topological polar surface area (TPSA) is 38.1 Å². The molecule has 0 radical (unpaired) electrons. The Kier molecular flexibility index (Phi) is 4.31. The number of carbonyl (C=O) groups excluding carboxylic acids is 1. The van der Waals surface area contributed by atoms with Crippen molar-refractivity contribution >= 4 is 17.7 Å². The lowest BCUT2D eigenvalue weighted by molar-refractivity contribution is -0.127. The number of thioether (sulfide) groups is 1. The fourth-order valence-corrected chi connectivity index (χ4v) is 4.33. The third-order valence-electron chi connectivity index (χ3n) is 4.00. The molecule has 3 rings (SSSR count). The summed E-state index contributed by atoms with van der Waals surface area (Å²) in [6.07, 6.45) is 0. The highest BCUT2D eigenvalue weighted by Gasteiger charge is 2.36. The number of carbonyl (C=O) groups is 1. The molecule has 2 heterocycles. The summed E-state index contributed by atoms with van der Waals surface area (Å²) in [6, 6.07) is 10.1. The van der Waals surface area contributed by atoms with Gasteiger partial charge in [0.05, 0.1) is 17.1 Å². The van der Waals surface area contributed by atoms with E-state index in [2.05, 4.69) is 13.5 Å². The van der Waals surface area contributed by atoms with E-state index in [-0.39, 0.29) is 11.3 Å². The number of benzene rings is 1. The number of amides is 1. The van der Waals surface area contributed by atoms with E-state index < -0.39 is 0 Å². The smallest absolute Gasteiger partial charge is 0.234 e. The van der Waals surface area contributed by atoms with Crippen molar-refractivity contribution in [1.29, 1.82) is 0 Å². The van der Waals surface area contributed by atoms with Gasteiger partial charge in [-0.2, -0.15) is 5.10 Å². The van der Waals surface area contributed by atoms with E-state index in [4.69, 9.17) is 5.10 Å². The quantitative estimate of drug-likeness (QED) is 0.805. The predicted molar refractivity (Wildman–Crippen MR) is 94.8 cm³/mol. The first kappa shape index (κ1) is 15.9. The predicted octanol–water partition coefficient (Wildman–Crippen LogP) is 3.64. The lowest BCUT2D eigenvalue weighted by atomic mass is 10.1. The minimum Gasteiger partial charge on any atom is -0.322 e. The lowest BCUT2D eigenvalue weighted by Crippen LogP contribution is -2.30. The first-order valence-corrected chi connectivity index (χ1v) is 8.71. The van der Waals surface area contributed by atoms with Gasteiger partial charge in [-0.15, -0.1) is 11.8 Å². The molecule has 1 aromatic carbocycles. The molecule has 1 amide bonds. The van der Waals surface area contributed by atoms with Crippen LogP contribution in [0.25, 0.3) is 5.69 Å². The average molecular weight is 327 g/mol. The van der Waals surface area contributed by atoms with Gasteiger partial charge in [0.25, 0.3) is 0 Å². The Morgan fingerprint density at radius 2 is 2.04 bits per heavy atom. The molecule has 23 heavy (non-hydrogen) atoms. The van der Waals surface area contributed by atoms with Gasteiger partial charge in [-0.05, 0) is 32.9 Å². The molecule has 0 bridgehead atoms. The molecule has 0 aliphatic carbocycles. The maximum absolute atomic E-state index is 12.2. The van der Waals surface area contributed by atoms with Crippen LogP contribution in [0.15, 0.2) is 42.5 Å². The second-order valence-electron chi connectivity index (χ2n) is 5.97. The second kappa shape index (κ2) is 6.24. The van der Waals surface area contributed by atoms with Crippen LogP contribution in [-0.4, -0.2) is 32.9 Å². The summed E-state index contributed by atoms with van der Waals surface area (Å²) in [7, 11) is 0. The average Bonchev–Trinajstić information content (AvgIpc) is 3.00. The second-order valence-corrected chi connectivity index (χ2v) is 7.04. The van der Waals surface area contributed by atoms with Crippen molar-refractivity contribution in [3.63, 3.8) is 0 Å². The van der Waals surface area contributed by atoms with E-state index in [1.807, 2.05) is 53.8 Å². The van der Waals surface area contributed by atoms with Crippen molar-refractivity contribution in [1.82, 2.24) is 14.7 Å². The van der Waals surface area contributed by atoms with Gasteiger partial charge in [0.1, 0.15) is 5.37 Å². The van der Waals surface area contributed by atoms with Crippen molar-refractivity contribution < 1.29 is 4.79 Å². The van der Waals surface area contributed by atoms with E-state index in [9.17, 15) is 4.79 Å². The third kappa shape index (κ3) is 2.93. The molecular formula is C18H21N3OS. The number of para-hydroxylation sites is 1. The number of rotatable bonds is 4. The molecule has 5 heteroatoms. The number of aryl methyl sites for hydroxylation is 1. The van der Waals surface area contributed by atoms with Gasteiger partial charge in [-0.3, -0.25) is 4.79 Å². The molecule has 120 valence electrons. The maximum atomic E-state index is 12.2. The Labute approximate surface area is 141 Å². The van der Waals surface area contributed by atoms with Crippen LogP contribution in [0.1, 0.15) is 29.2 Å². The van der Waals surface area contributed by atoms with Gasteiger partial charge in [0, 0.05) is 17.8 Å². The molecule has 1 atom stereocenters. The van der Waals surface area contributed by atoms with Crippen molar-refractivity contribution in [2.75, 3.05) is 12.3 Å². The molecule has 1 aromatic heterocycles. The zero-order valence-corrected chi connectivity index (χ0v) is 14.6. The molecule has 0 N–H and O–H groups in total. The van der Waals surface area contributed by atoms with Crippen LogP contribution in [0, 0.1) is 13.8 Å². The molecular weight excluding hydrogens is 306 g/mol. The van der Waals surface area contributed by atoms with E-state index >= 15 is 0 Å². The van der Waals surface area contributed by atoms with Crippen LogP contribution in [-0.2, 0) is 4.79 Å². The highest BCUT2D eigenvalue weighted by atomic mass is 32.2. The van der Waals surface area contributed by atoms with Gasteiger partial charge < -0.3 is 4.90 Å². The zero-order valence-electron chi connectivity index (χ0n) is 13.7. The Morgan fingerprint density at radius 1 is 1.35 bits per heavy atom. The van der Waals surface area contributed by atoms with Crippen LogP contribution in [0.5, 0.6) is 0 Å². The molecule has 0 saturated carbocycles. The summed E-state index contributed by atoms with van der Waals surface area (Å²) < 4.78 is 1.97. The van der Waals surface area contributed by atoms with Gasteiger partial charge in [-0.25, -0.2) is 4.68 Å². The minimum absolute atomic E-state index is 0.0247. The zero-order chi connectivity index (χ0) is 16.6. The largest absolute Gasteiger partial charge is 0.322 e. The van der Waals surface area contributed by atoms with Gasteiger partial charge in [0.15, 0.2) is 0 Å². The Balaban J connectivity index is 2.02. The monoisotopic (exact) mass is 327 g/mol. The number of aromatic nitrogens is 2. The fraction of sp³-hybridized carbons (Fsp3) is 0.333. The molecule has 1 fully saturated rings. The normalized spacial score (nSPS) is 17.8. The third-order valence-corrected chi connectivity index (χ3v) is 5.22. The summed E-state index contributed by atoms with van der Waals surface area (Å²) in [5.41, 5.74) is 5.25. The summed E-state index contributed by atoms with van der Waals surface area (Å²) in [5.74, 6) is 0.696. The van der Waals surface area contributed by atoms with Gasteiger partial charge >= 0.3 is 0 Å². The molecule has 1 unspecified atom stereocenters. The summed E-state index contributed by atoms with van der Waals surface area (Å²) >= 11 is 1.67. The summed E-state index contributed by atoms with van der Waals surface area (Å²) in [4.78, 5) is 14.1. The van der Waals surface area contributed by atoms with Crippen LogP contribution in [0.4, 0.5) is 0 Å². The van der Waals surface area contributed by atoms with Crippen molar-refractivity contribution in [2.45, 2.75) is 26.1 Å². The molecule has 2 aromatic rings. The molecule has 1 saturated heterocycles. The van der Waals surface area contributed by atoms with Crippen LogP contribution in [0.3, 0.4) is 0 Å². The molecule has 1 aliphatic heterocycles.